The molecule has 0 radical (unpaired) electrons. The lowest BCUT2D eigenvalue weighted by Gasteiger charge is -2.32. The molecule has 7 aromatic carbocycles. The van der Waals surface area contributed by atoms with Crippen LogP contribution < -0.4 is 0 Å². The summed E-state index contributed by atoms with van der Waals surface area (Å²) in [6.07, 6.45) is 5.33. The van der Waals surface area contributed by atoms with Crippen molar-refractivity contribution in [3.63, 3.8) is 0 Å². The quantitative estimate of drug-likeness (QED) is 0.170. The number of allylic oxidation sites excluding steroid dienone is 1. The van der Waals surface area contributed by atoms with E-state index in [0.717, 1.165) is 73.5 Å². The predicted octanol–water partition coefficient (Wildman–Crippen LogP) is 12.6. The van der Waals surface area contributed by atoms with Gasteiger partial charge in [-0.25, -0.2) is 9.98 Å². The van der Waals surface area contributed by atoms with Crippen LogP contribution in [0.1, 0.15) is 46.6 Å². The van der Waals surface area contributed by atoms with E-state index in [4.69, 9.17) is 14.4 Å². The molecule has 2 atom stereocenters. The number of amidine groups is 2. The summed E-state index contributed by atoms with van der Waals surface area (Å²) in [5.41, 5.74) is 13.1. The number of benzene rings is 7. The standard InChI is InChI=1S/C53H40N4O/c1-53(45-26-15-25-43-42-24-14-23-40(48(42)58-49(43)45)35-16-6-3-7-17-35)33-32-47-44(34-53)41-22-12-13-27-46(41)57(47)39-30-28-38(29-31-39)52-55-50(36-18-8-4-9-19-36)54-51(56(52)2)37-20-10-5-11-21-37/h3-33,52H,34H2,1-2H3. The number of nitrogens with zero attached hydrogens (tertiary/aromatic N) is 4. The molecule has 9 aromatic rings. The number of hydrogen-bond donors (Lipinski definition) is 0. The molecule has 0 saturated carbocycles. The second kappa shape index (κ2) is 13.5. The Hall–Kier alpha value is -7.24. The summed E-state index contributed by atoms with van der Waals surface area (Å²) in [6.45, 7) is 2.35. The van der Waals surface area contributed by atoms with Gasteiger partial charge < -0.3 is 13.9 Å². The highest BCUT2D eigenvalue weighted by molar-refractivity contribution is 6.13. The third-order valence-corrected chi connectivity index (χ3v) is 12.1. The molecule has 5 heteroatoms. The fourth-order valence-corrected chi connectivity index (χ4v) is 9.16. The van der Waals surface area contributed by atoms with E-state index in [1.807, 2.05) is 24.3 Å². The van der Waals surface area contributed by atoms with Crippen molar-refractivity contribution >= 4 is 50.6 Å². The van der Waals surface area contributed by atoms with Crippen molar-refractivity contribution in [2.45, 2.75) is 24.9 Å². The Morgan fingerprint density at radius 3 is 1.97 bits per heavy atom. The van der Waals surface area contributed by atoms with Crippen molar-refractivity contribution in [1.29, 1.82) is 0 Å². The van der Waals surface area contributed by atoms with Gasteiger partial charge >= 0.3 is 0 Å². The maximum Gasteiger partial charge on any atom is 0.159 e. The normalized spacial score (nSPS) is 17.8. The lowest BCUT2D eigenvalue weighted by atomic mass is 9.73. The summed E-state index contributed by atoms with van der Waals surface area (Å²) in [5, 5.41) is 3.57. The molecule has 58 heavy (non-hydrogen) atoms. The topological polar surface area (TPSA) is 46.0 Å². The molecule has 2 aromatic heterocycles. The van der Waals surface area contributed by atoms with Gasteiger partial charge in [-0.15, -0.1) is 0 Å². The Balaban J connectivity index is 0.980. The van der Waals surface area contributed by atoms with E-state index < -0.39 is 0 Å². The zero-order valence-electron chi connectivity index (χ0n) is 32.4. The van der Waals surface area contributed by atoms with Gasteiger partial charge in [0.2, 0.25) is 0 Å². The van der Waals surface area contributed by atoms with Gasteiger partial charge in [0.25, 0.3) is 0 Å². The minimum Gasteiger partial charge on any atom is -0.455 e. The van der Waals surface area contributed by atoms with Crippen LogP contribution in [-0.2, 0) is 11.8 Å². The molecule has 11 rings (SSSR count). The van der Waals surface area contributed by atoms with E-state index in [1.54, 1.807) is 0 Å². The third kappa shape index (κ3) is 5.46. The largest absolute Gasteiger partial charge is 0.455 e. The molecule has 2 unspecified atom stereocenters. The molecule has 5 nitrogen and oxygen atoms in total. The molecule has 0 bridgehead atoms. The minimum absolute atomic E-state index is 0.238. The zero-order valence-corrected chi connectivity index (χ0v) is 32.4. The van der Waals surface area contributed by atoms with Crippen LogP contribution in [0.5, 0.6) is 0 Å². The van der Waals surface area contributed by atoms with Crippen LogP contribution in [0.2, 0.25) is 0 Å². The zero-order chi connectivity index (χ0) is 38.8. The van der Waals surface area contributed by atoms with Crippen molar-refractivity contribution in [2.75, 3.05) is 7.05 Å². The molecule has 0 saturated heterocycles. The van der Waals surface area contributed by atoms with E-state index in [2.05, 4.69) is 187 Å². The number of para-hydroxylation sites is 3. The highest BCUT2D eigenvalue weighted by Crippen LogP contribution is 2.46. The van der Waals surface area contributed by atoms with Gasteiger partial charge in [0, 0.05) is 62.3 Å². The average molecular weight is 749 g/mol. The van der Waals surface area contributed by atoms with Crippen LogP contribution in [0.3, 0.4) is 0 Å². The van der Waals surface area contributed by atoms with Gasteiger partial charge in [0.15, 0.2) is 5.84 Å². The van der Waals surface area contributed by atoms with E-state index in [1.165, 1.54) is 27.7 Å². The van der Waals surface area contributed by atoms with Crippen molar-refractivity contribution in [2.24, 2.45) is 9.98 Å². The maximum absolute atomic E-state index is 6.91. The van der Waals surface area contributed by atoms with E-state index in [9.17, 15) is 0 Å². The number of aliphatic imine (C=N–C) groups is 2. The molecule has 0 spiro atoms. The van der Waals surface area contributed by atoms with E-state index >= 15 is 0 Å². The fraction of sp³-hybridized carbons (Fsp3) is 0.0943. The fourth-order valence-electron chi connectivity index (χ4n) is 9.16. The molecule has 0 N–H and O–H groups in total. The van der Waals surface area contributed by atoms with Crippen LogP contribution in [0.15, 0.2) is 196 Å². The molecule has 1 aliphatic carbocycles. The van der Waals surface area contributed by atoms with Crippen LogP contribution in [0, 0.1) is 0 Å². The molecule has 2 aliphatic rings. The highest BCUT2D eigenvalue weighted by Gasteiger charge is 2.34. The van der Waals surface area contributed by atoms with Crippen molar-refractivity contribution in [3.8, 4) is 16.8 Å². The number of fused-ring (bicyclic) bond motifs is 6. The van der Waals surface area contributed by atoms with Crippen LogP contribution in [0.4, 0.5) is 0 Å². The van der Waals surface area contributed by atoms with Gasteiger partial charge in [-0.05, 0) is 47.4 Å². The molecular weight excluding hydrogens is 709 g/mol. The van der Waals surface area contributed by atoms with Gasteiger partial charge in [-0.3, -0.25) is 0 Å². The monoisotopic (exact) mass is 748 g/mol. The smallest absolute Gasteiger partial charge is 0.159 e. The molecule has 1 aliphatic heterocycles. The molecule has 0 fully saturated rings. The van der Waals surface area contributed by atoms with Crippen molar-refractivity contribution in [3.05, 3.63) is 216 Å². The summed E-state index contributed by atoms with van der Waals surface area (Å²) in [7, 11) is 2.08. The summed E-state index contributed by atoms with van der Waals surface area (Å²) >= 11 is 0. The Morgan fingerprint density at radius 1 is 0.603 bits per heavy atom. The van der Waals surface area contributed by atoms with Gasteiger partial charge in [0.05, 0.1) is 5.52 Å². The van der Waals surface area contributed by atoms with Crippen LogP contribution >= 0.6 is 0 Å². The first kappa shape index (κ1) is 34.0. The summed E-state index contributed by atoms with van der Waals surface area (Å²) < 4.78 is 9.33. The van der Waals surface area contributed by atoms with Gasteiger partial charge in [-0.1, -0.05) is 171 Å². The number of furan rings is 1. The second-order valence-electron chi connectivity index (χ2n) is 15.7. The van der Waals surface area contributed by atoms with Crippen molar-refractivity contribution in [1.82, 2.24) is 9.47 Å². The van der Waals surface area contributed by atoms with Gasteiger partial charge in [0.1, 0.15) is 23.2 Å². The summed E-state index contributed by atoms with van der Waals surface area (Å²) in [4.78, 5) is 12.5. The number of hydrogen-bond acceptors (Lipinski definition) is 4. The van der Waals surface area contributed by atoms with Crippen LogP contribution in [0.25, 0.3) is 55.7 Å². The molecule has 0 amide bonds. The lowest BCUT2D eigenvalue weighted by molar-refractivity contribution is 0.383. The van der Waals surface area contributed by atoms with E-state index in [0.29, 0.717) is 0 Å². The Morgan fingerprint density at radius 2 is 1.22 bits per heavy atom. The SMILES string of the molecule is CN1C(c2ccccc2)=NC(c2ccccc2)=NC1c1ccc(-n2c3c(c4ccccc42)CC(C)(c2cccc4c2oc2c(-c5ccccc5)cccc24)C=C3)cc1. The Kier molecular flexibility index (Phi) is 7.90. The highest BCUT2D eigenvalue weighted by atomic mass is 16.3. The Labute approximate surface area is 337 Å². The lowest BCUT2D eigenvalue weighted by Crippen LogP contribution is -2.35. The third-order valence-electron chi connectivity index (χ3n) is 12.1. The Bertz CT molecular complexity index is 3100. The van der Waals surface area contributed by atoms with Crippen LogP contribution in [-0.4, -0.2) is 28.2 Å². The molecule has 3 heterocycles. The first-order valence-electron chi connectivity index (χ1n) is 20.0. The first-order chi connectivity index (χ1) is 28.5. The summed E-state index contributed by atoms with van der Waals surface area (Å²) in [5.74, 6) is 1.64. The average Bonchev–Trinajstić information content (AvgIpc) is 3.83. The maximum atomic E-state index is 6.91. The van der Waals surface area contributed by atoms with Gasteiger partial charge in [-0.2, -0.15) is 0 Å². The second-order valence-corrected chi connectivity index (χ2v) is 15.7. The molecule has 278 valence electrons. The number of rotatable bonds is 6. The van der Waals surface area contributed by atoms with E-state index in [-0.39, 0.29) is 11.6 Å². The first-order valence-corrected chi connectivity index (χ1v) is 20.0. The summed E-state index contributed by atoms with van der Waals surface area (Å²) in [6, 6.07) is 62.0. The number of aromatic nitrogens is 1. The minimum atomic E-state index is -0.288. The van der Waals surface area contributed by atoms with Crippen molar-refractivity contribution < 1.29 is 4.42 Å². The molecular formula is C53H40N4O. The predicted molar refractivity (Wildman–Crippen MR) is 239 cm³/mol.